The number of hydrogen-bond acceptors (Lipinski definition) is 3. The molecule has 1 rings (SSSR count). The third kappa shape index (κ3) is 2.86. The van der Waals surface area contributed by atoms with Crippen molar-refractivity contribution in [1.82, 2.24) is 0 Å². The van der Waals surface area contributed by atoms with Gasteiger partial charge in [0, 0.05) is 10.3 Å². The van der Waals surface area contributed by atoms with E-state index in [0.29, 0.717) is 6.42 Å². The summed E-state index contributed by atoms with van der Waals surface area (Å²) in [4.78, 5) is 0.941. The van der Waals surface area contributed by atoms with Crippen LogP contribution in [0.3, 0.4) is 0 Å². The Morgan fingerprint density at radius 1 is 1.71 bits per heavy atom. The highest BCUT2D eigenvalue weighted by atomic mass is 32.1. The van der Waals surface area contributed by atoms with E-state index in [1.165, 1.54) is 11.3 Å². The third-order valence-electron chi connectivity index (χ3n) is 2.14. The maximum Gasteiger partial charge on any atom is 0.129 e. The lowest BCUT2D eigenvalue weighted by molar-refractivity contribution is 0.181. The summed E-state index contributed by atoms with van der Waals surface area (Å²) in [5.74, 6) is 0.811. The summed E-state index contributed by atoms with van der Waals surface area (Å²) in [6.45, 7) is 5.92. The molecule has 1 aromatic rings. The van der Waals surface area contributed by atoms with Gasteiger partial charge in [-0.1, -0.05) is 19.1 Å². The van der Waals surface area contributed by atoms with Gasteiger partial charge in [-0.25, -0.2) is 0 Å². The minimum atomic E-state index is -0.434. The van der Waals surface area contributed by atoms with E-state index in [4.69, 9.17) is 4.74 Å². The SMILES string of the molecule is C=C(CC)CC(O)c1cc(OC)cs1. The zero-order valence-corrected chi connectivity index (χ0v) is 9.43. The first kappa shape index (κ1) is 11.3. The molecule has 0 aliphatic rings. The quantitative estimate of drug-likeness (QED) is 0.760. The van der Waals surface area contributed by atoms with Crippen molar-refractivity contribution in [2.75, 3.05) is 7.11 Å². The molecule has 0 saturated heterocycles. The fourth-order valence-electron chi connectivity index (χ4n) is 1.13. The Labute approximate surface area is 88.8 Å². The molecule has 78 valence electrons. The van der Waals surface area contributed by atoms with E-state index in [2.05, 4.69) is 6.58 Å². The molecule has 1 unspecified atom stereocenters. The fourth-order valence-corrected chi connectivity index (χ4v) is 1.98. The zero-order valence-electron chi connectivity index (χ0n) is 8.62. The minimum absolute atomic E-state index is 0.434. The molecule has 3 heteroatoms. The number of thiophene rings is 1. The third-order valence-corrected chi connectivity index (χ3v) is 3.15. The second kappa shape index (κ2) is 5.17. The molecule has 0 fully saturated rings. The van der Waals surface area contributed by atoms with Crippen molar-refractivity contribution in [3.8, 4) is 5.75 Å². The normalized spacial score (nSPS) is 12.5. The zero-order chi connectivity index (χ0) is 10.6. The largest absolute Gasteiger partial charge is 0.496 e. The van der Waals surface area contributed by atoms with Crippen molar-refractivity contribution < 1.29 is 9.84 Å². The monoisotopic (exact) mass is 212 g/mol. The van der Waals surface area contributed by atoms with Crippen molar-refractivity contribution in [2.24, 2.45) is 0 Å². The molecule has 0 radical (unpaired) electrons. The molecule has 1 atom stereocenters. The predicted octanol–water partition coefficient (Wildman–Crippen LogP) is 3.15. The van der Waals surface area contributed by atoms with E-state index in [1.54, 1.807) is 7.11 Å². The van der Waals surface area contributed by atoms with Crippen molar-refractivity contribution in [1.29, 1.82) is 0 Å². The van der Waals surface area contributed by atoms with Gasteiger partial charge in [-0.05, 0) is 18.9 Å². The Morgan fingerprint density at radius 2 is 2.43 bits per heavy atom. The molecule has 1 N–H and O–H groups in total. The molecule has 1 aromatic heterocycles. The molecular formula is C11H16O2S. The average molecular weight is 212 g/mol. The van der Waals surface area contributed by atoms with Gasteiger partial charge in [-0.3, -0.25) is 0 Å². The van der Waals surface area contributed by atoms with Crippen LogP contribution in [0, 0.1) is 0 Å². The molecule has 0 amide bonds. The van der Waals surface area contributed by atoms with Gasteiger partial charge in [0.1, 0.15) is 5.75 Å². The van der Waals surface area contributed by atoms with Crippen LogP contribution in [0.4, 0.5) is 0 Å². The smallest absolute Gasteiger partial charge is 0.129 e. The van der Waals surface area contributed by atoms with Crippen LogP contribution in [0.5, 0.6) is 5.75 Å². The van der Waals surface area contributed by atoms with Gasteiger partial charge in [0.2, 0.25) is 0 Å². The fraction of sp³-hybridized carbons (Fsp3) is 0.455. The van der Waals surface area contributed by atoms with Gasteiger partial charge >= 0.3 is 0 Å². The van der Waals surface area contributed by atoms with Gasteiger partial charge < -0.3 is 9.84 Å². The van der Waals surface area contributed by atoms with E-state index < -0.39 is 6.10 Å². The standard InChI is InChI=1S/C11H16O2S/c1-4-8(2)5-10(12)11-6-9(13-3)7-14-11/h6-7,10,12H,2,4-5H2,1,3H3. The van der Waals surface area contributed by atoms with Crippen LogP contribution in [-0.4, -0.2) is 12.2 Å². The second-order valence-corrected chi connectivity index (χ2v) is 4.16. The minimum Gasteiger partial charge on any atom is -0.496 e. The Morgan fingerprint density at radius 3 is 2.93 bits per heavy atom. The lowest BCUT2D eigenvalue weighted by atomic mass is 10.1. The van der Waals surface area contributed by atoms with Gasteiger partial charge in [0.05, 0.1) is 13.2 Å². The summed E-state index contributed by atoms with van der Waals surface area (Å²) in [7, 11) is 1.63. The summed E-state index contributed by atoms with van der Waals surface area (Å²) in [6, 6.07) is 1.87. The van der Waals surface area contributed by atoms with E-state index >= 15 is 0 Å². The summed E-state index contributed by atoms with van der Waals surface area (Å²) < 4.78 is 5.05. The van der Waals surface area contributed by atoms with Crippen molar-refractivity contribution in [3.63, 3.8) is 0 Å². The van der Waals surface area contributed by atoms with Gasteiger partial charge in [0.25, 0.3) is 0 Å². The molecule has 0 aliphatic carbocycles. The Hall–Kier alpha value is -0.800. The Kier molecular flexibility index (Phi) is 4.17. The van der Waals surface area contributed by atoms with Crippen LogP contribution in [-0.2, 0) is 0 Å². The first-order valence-electron chi connectivity index (χ1n) is 4.64. The first-order chi connectivity index (χ1) is 6.67. The van der Waals surface area contributed by atoms with Gasteiger partial charge in [0.15, 0.2) is 0 Å². The van der Waals surface area contributed by atoms with E-state index in [1.807, 2.05) is 18.4 Å². The average Bonchev–Trinajstić information content (AvgIpc) is 2.65. The number of methoxy groups -OCH3 is 1. The summed E-state index contributed by atoms with van der Waals surface area (Å²) >= 11 is 1.52. The number of aliphatic hydroxyl groups is 1. The molecule has 2 nitrogen and oxygen atoms in total. The van der Waals surface area contributed by atoms with Crippen LogP contribution in [0.25, 0.3) is 0 Å². The van der Waals surface area contributed by atoms with Crippen LogP contribution in [0.15, 0.2) is 23.6 Å². The number of rotatable bonds is 5. The molecular weight excluding hydrogens is 196 g/mol. The predicted molar refractivity (Wildman–Crippen MR) is 59.9 cm³/mol. The van der Waals surface area contributed by atoms with Crippen molar-refractivity contribution >= 4 is 11.3 Å². The maximum atomic E-state index is 9.82. The molecule has 0 bridgehead atoms. The van der Waals surface area contributed by atoms with Crippen molar-refractivity contribution in [2.45, 2.75) is 25.9 Å². The lowest BCUT2D eigenvalue weighted by Gasteiger charge is -2.08. The number of hydrogen-bond donors (Lipinski definition) is 1. The van der Waals surface area contributed by atoms with E-state index in [9.17, 15) is 5.11 Å². The summed E-state index contributed by atoms with van der Waals surface area (Å²) in [5.41, 5.74) is 1.07. The summed E-state index contributed by atoms with van der Waals surface area (Å²) in [5, 5.41) is 11.7. The van der Waals surface area contributed by atoms with Crippen LogP contribution < -0.4 is 4.74 Å². The van der Waals surface area contributed by atoms with Gasteiger partial charge in [-0.15, -0.1) is 11.3 Å². The molecule has 14 heavy (non-hydrogen) atoms. The number of aliphatic hydroxyl groups excluding tert-OH is 1. The van der Waals surface area contributed by atoms with Crippen LogP contribution >= 0.6 is 11.3 Å². The van der Waals surface area contributed by atoms with E-state index in [0.717, 1.165) is 22.6 Å². The Bertz CT molecular complexity index is 304. The van der Waals surface area contributed by atoms with Gasteiger partial charge in [-0.2, -0.15) is 0 Å². The van der Waals surface area contributed by atoms with E-state index in [-0.39, 0.29) is 0 Å². The highest BCUT2D eigenvalue weighted by Crippen LogP contribution is 2.30. The molecule has 0 aromatic carbocycles. The first-order valence-corrected chi connectivity index (χ1v) is 5.52. The van der Waals surface area contributed by atoms with Crippen LogP contribution in [0.1, 0.15) is 30.7 Å². The molecule has 0 saturated carbocycles. The summed E-state index contributed by atoms with van der Waals surface area (Å²) in [6.07, 6.45) is 1.12. The lowest BCUT2D eigenvalue weighted by Crippen LogP contribution is -1.95. The van der Waals surface area contributed by atoms with Crippen LogP contribution in [0.2, 0.25) is 0 Å². The second-order valence-electron chi connectivity index (χ2n) is 3.21. The molecule has 0 aliphatic heterocycles. The highest BCUT2D eigenvalue weighted by Gasteiger charge is 2.11. The topological polar surface area (TPSA) is 29.5 Å². The Balaban J connectivity index is 2.60. The molecule has 1 heterocycles. The maximum absolute atomic E-state index is 9.82. The number of ether oxygens (including phenoxy) is 1. The molecule has 0 spiro atoms. The van der Waals surface area contributed by atoms with Crippen molar-refractivity contribution in [3.05, 3.63) is 28.5 Å². The highest BCUT2D eigenvalue weighted by molar-refractivity contribution is 7.10.